The topological polar surface area (TPSA) is 57.0 Å². The molecule has 164 valence electrons. The van der Waals surface area contributed by atoms with Gasteiger partial charge in [0.05, 0.1) is 11.1 Å². The van der Waals surface area contributed by atoms with E-state index < -0.39 is 0 Å². The van der Waals surface area contributed by atoms with Gasteiger partial charge in [-0.15, -0.1) is 0 Å². The van der Waals surface area contributed by atoms with Crippen LogP contribution in [0, 0.1) is 6.92 Å². The van der Waals surface area contributed by atoms with Crippen LogP contribution in [-0.4, -0.2) is 25.1 Å². The molecule has 0 saturated heterocycles. The van der Waals surface area contributed by atoms with Gasteiger partial charge >= 0.3 is 0 Å². The number of fused-ring (bicyclic) bond motifs is 5. The van der Waals surface area contributed by atoms with Crippen LogP contribution in [0.25, 0.3) is 11.3 Å². The molecule has 6 nitrogen and oxygen atoms in total. The number of anilines is 1. The molecule has 3 aliphatic rings. The van der Waals surface area contributed by atoms with Crippen LogP contribution in [0.3, 0.4) is 0 Å². The van der Waals surface area contributed by atoms with E-state index in [2.05, 4.69) is 52.5 Å². The van der Waals surface area contributed by atoms with E-state index in [9.17, 15) is 0 Å². The average Bonchev–Trinajstić information content (AvgIpc) is 3.61. The highest BCUT2D eigenvalue weighted by Crippen LogP contribution is 2.54. The molecule has 4 aromatic rings. The van der Waals surface area contributed by atoms with Crippen molar-refractivity contribution >= 4 is 5.69 Å². The largest absolute Gasteiger partial charge is 0.492 e. The molecular formula is C27H22N2O4. The first-order valence-electron chi connectivity index (χ1n) is 11.1. The van der Waals surface area contributed by atoms with Gasteiger partial charge in [0.25, 0.3) is 0 Å². The summed E-state index contributed by atoms with van der Waals surface area (Å²) in [6.07, 6.45) is 0. The number of para-hydroxylation sites is 1. The number of rotatable bonds is 3. The molecule has 0 amide bonds. The minimum atomic E-state index is -0.259. The van der Waals surface area contributed by atoms with Gasteiger partial charge < -0.3 is 23.6 Å². The Hall–Kier alpha value is -3.93. The third-order valence-electron chi connectivity index (χ3n) is 7.06. The van der Waals surface area contributed by atoms with Crippen molar-refractivity contribution in [3.05, 3.63) is 89.1 Å². The lowest BCUT2D eigenvalue weighted by atomic mass is 9.77. The first-order valence-corrected chi connectivity index (χ1v) is 11.1. The predicted octanol–water partition coefficient (Wildman–Crippen LogP) is 5.08. The Kier molecular flexibility index (Phi) is 3.83. The lowest BCUT2D eigenvalue weighted by Crippen LogP contribution is -2.36. The Morgan fingerprint density at radius 3 is 2.55 bits per heavy atom. The van der Waals surface area contributed by atoms with Crippen molar-refractivity contribution in [2.24, 2.45) is 0 Å². The summed E-state index contributed by atoms with van der Waals surface area (Å²) < 4.78 is 23.3. The van der Waals surface area contributed by atoms with Crippen LogP contribution in [-0.2, 0) is 12.0 Å². The van der Waals surface area contributed by atoms with Crippen molar-refractivity contribution in [3.63, 3.8) is 0 Å². The zero-order valence-corrected chi connectivity index (χ0v) is 18.2. The fraction of sp³-hybridized carbons (Fsp3) is 0.222. The van der Waals surface area contributed by atoms with Gasteiger partial charge in [-0.2, -0.15) is 0 Å². The number of benzene rings is 3. The van der Waals surface area contributed by atoms with E-state index >= 15 is 0 Å². The van der Waals surface area contributed by atoms with E-state index in [0.29, 0.717) is 13.2 Å². The minimum absolute atomic E-state index is 0.253. The maximum Gasteiger partial charge on any atom is 0.231 e. The standard InChI is InChI=1S/C27H22N2O4/c1-17-19(26(33-28-17)18-7-3-2-4-8-18)13-29-14-27(20-9-5-6-10-22(20)29)15-30-23-12-25-24(11-21(23)27)31-16-32-25/h2-12H,13-16H2,1H3. The molecule has 7 rings (SSSR count). The van der Waals surface area contributed by atoms with Crippen LogP contribution in [0.2, 0.25) is 0 Å². The van der Waals surface area contributed by atoms with Gasteiger partial charge in [0.15, 0.2) is 17.3 Å². The highest BCUT2D eigenvalue weighted by Gasteiger charge is 2.50. The van der Waals surface area contributed by atoms with Gasteiger partial charge in [0.1, 0.15) is 12.4 Å². The first kappa shape index (κ1) is 18.6. The van der Waals surface area contributed by atoms with Crippen LogP contribution < -0.4 is 19.1 Å². The molecule has 0 radical (unpaired) electrons. The highest BCUT2D eigenvalue weighted by molar-refractivity contribution is 5.72. The predicted molar refractivity (Wildman–Crippen MR) is 123 cm³/mol. The number of ether oxygens (including phenoxy) is 3. The molecule has 3 aliphatic heterocycles. The molecule has 33 heavy (non-hydrogen) atoms. The summed E-state index contributed by atoms with van der Waals surface area (Å²) in [5.41, 5.74) is 6.45. The van der Waals surface area contributed by atoms with Gasteiger partial charge in [0, 0.05) is 41.5 Å². The van der Waals surface area contributed by atoms with E-state index in [0.717, 1.165) is 51.9 Å². The second-order valence-corrected chi connectivity index (χ2v) is 8.89. The SMILES string of the molecule is Cc1noc(-c2ccccc2)c1CN1CC2(COc3cc4c(cc32)OCO4)c2ccccc21. The van der Waals surface area contributed by atoms with Crippen molar-refractivity contribution in [1.82, 2.24) is 5.16 Å². The monoisotopic (exact) mass is 438 g/mol. The number of hydrogen-bond donors (Lipinski definition) is 0. The van der Waals surface area contributed by atoms with Crippen molar-refractivity contribution in [2.75, 3.05) is 24.8 Å². The fourth-order valence-electron chi connectivity index (χ4n) is 5.42. The zero-order valence-electron chi connectivity index (χ0n) is 18.2. The Bertz CT molecular complexity index is 1380. The number of aromatic nitrogens is 1. The minimum Gasteiger partial charge on any atom is -0.492 e. The van der Waals surface area contributed by atoms with E-state index in [-0.39, 0.29) is 12.2 Å². The molecule has 0 aliphatic carbocycles. The molecular weight excluding hydrogens is 416 g/mol. The van der Waals surface area contributed by atoms with Crippen molar-refractivity contribution < 1.29 is 18.7 Å². The summed E-state index contributed by atoms with van der Waals surface area (Å²) in [7, 11) is 0. The average molecular weight is 438 g/mol. The molecule has 1 aromatic heterocycles. The van der Waals surface area contributed by atoms with Gasteiger partial charge in [0.2, 0.25) is 6.79 Å². The maximum atomic E-state index is 6.23. The smallest absolute Gasteiger partial charge is 0.231 e. The Morgan fingerprint density at radius 1 is 0.879 bits per heavy atom. The Morgan fingerprint density at radius 2 is 1.67 bits per heavy atom. The molecule has 1 atom stereocenters. The van der Waals surface area contributed by atoms with E-state index in [4.69, 9.17) is 18.7 Å². The fourth-order valence-corrected chi connectivity index (χ4v) is 5.42. The third kappa shape index (κ3) is 2.64. The lowest BCUT2D eigenvalue weighted by molar-refractivity contribution is 0.173. The summed E-state index contributed by atoms with van der Waals surface area (Å²) in [6.45, 7) is 4.36. The second-order valence-electron chi connectivity index (χ2n) is 8.89. The third-order valence-corrected chi connectivity index (χ3v) is 7.06. The Labute approximate surface area is 191 Å². The van der Waals surface area contributed by atoms with Crippen molar-refractivity contribution in [1.29, 1.82) is 0 Å². The zero-order chi connectivity index (χ0) is 22.0. The molecule has 0 fully saturated rings. The maximum absolute atomic E-state index is 6.23. The second kappa shape index (κ2) is 6.78. The molecule has 1 unspecified atom stereocenters. The first-order chi connectivity index (χ1) is 16.2. The van der Waals surface area contributed by atoms with Crippen molar-refractivity contribution in [3.8, 4) is 28.6 Å². The van der Waals surface area contributed by atoms with Crippen LogP contribution in [0.4, 0.5) is 5.69 Å². The summed E-state index contributed by atoms with van der Waals surface area (Å²) >= 11 is 0. The summed E-state index contributed by atoms with van der Waals surface area (Å²) in [4.78, 5) is 2.42. The highest BCUT2D eigenvalue weighted by atomic mass is 16.7. The summed E-state index contributed by atoms with van der Waals surface area (Å²) in [5.74, 6) is 3.25. The van der Waals surface area contributed by atoms with Crippen LogP contribution in [0.1, 0.15) is 22.4 Å². The van der Waals surface area contributed by atoms with Gasteiger partial charge in [-0.1, -0.05) is 53.7 Å². The van der Waals surface area contributed by atoms with Crippen LogP contribution in [0.15, 0.2) is 71.3 Å². The number of aryl methyl sites for hydroxylation is 1. The van der Waals surface area contributed by atoms with Crippen LogP contribution in [0.5, 0.6) is 17.2 Å². The quantitative estimate of drug-likeness (QED) is 0.445. The molecule has 4 heterocycles. The molecule has 1 spiro atoms. The summed E-state index contributed by atoms with van der Waals surface area (Å²) in [6, 6.07) is 22.9. The Balaban J connectivity index is 1.31. The molecule has 6 heteroatoms. The summed E-state index contributed by atoms with van der Waals surface area (Å²) in [5, 5.41) is 4.30. The van der Waals surface area contributed by atoms with Crippen molar-refractivity contribution in [2.45, 2.75) is 18.9 Å². The molecule has 0 bridgehead atoms. The molecule has 0 saturated carbocycles. The molecule has 0 N–H and O–H groups in total. The normalized spacial score (nSPS) is 19.6. The number of hydrogen-bond acceptors (Lipinski definition) is 6. The molecule has 3 aromatic carbocycles. The number of nitrogens with zero attached hydrogens (tertiary/aromatic N) is 2. The van der Waals surface area contributed by atoms with Gasteiger partial charge in [-0.05, 0) is 24.6 Å². The van der Waals surface area contributed by atoms with E-state index in [1.807, 2.05) is 31.2 Å². The lowest BCUT2D eigenvalue weighted by Gasteiger charge is -2.25. The van der Waals surface area contributed by atoms with E-state index in [1.165, 1.54) is 11.3 Å². The van der Waals surface area contributed by atoms with Gasteiger partial charge in [-0.25, -0.2) is 0 Å². The van der Waals surface area contributed by atoms with Gasteiger partial charge in [-0.3, -0.25) is 0 Å². The van der Waals surface area contributed by atoms with Crippen LogP contribution >= 0.6 is 0 Å². The van der Waals surface area contributed by atoms with E-state index in [1.54, 1.807) is 0 Å².